The maximum atomic E-state index is 12.9. The molecule has 0 amide bonds. The lowest BCUT2D eigenvalue weighted by Gasteiger charge is -2.03. The normalized spacial score (nSPS) is 11.7. The minimum atomic E-state index is -0.127. The van der Waals surface area contributed by atoms with Gasteiger partial charge in [0.2, 0.25) is 0 Å². The average molecular weight is 383 g/mol. The zero-order valence-electron chi connectivity index (χ0n) is 13.7. The van der Waals surface area contributed by atoms with E-state index in [4.69, 9.17) is 4.98 Å². The van der Waals surface area contributed by atoms with Crippen LogP contribution < -0.4 is 5.56 Å². The van der Waals surface area contributed by atoms with E-state index in [1.807, 2.05) is 23.1 Å². The molecular formula is C16H13N7OS2. The van der Waals surface area contributed by atoms with Gasteiger partial charge in [0.15, 0.2) is 5.65 Å². The molecule has 0 atom stereocenters. The van der Waals surface area contributed by atoms with Crippen molar-refractivity contribution in [1.29, 1.82) is 0 Å². The third-order valence-corrected chi connectivity index (χ3v) is 5.98. The summed E-state index contributed by atoms with van der Waals surface area (Å²) in [6.07, 6.45) is 4.17. The lowest BCUT2D eigenvalue weighted by atomic mass is 10.3. The quantitative estimate of drug-likeness (QED) is 0.513. The number of nitrogens with zero attached hydrogens (tertiary/aromatic N) is 6. The molecule has 1 N–H and O–H groups in total. The molecule has 0 fully saturated rings. The monoisotopic (exact) mass is 383 g/mol. The van der Waals surface area contributed by atoms with Crippen LogP contribution in [-0.2, 0) is 20.0 Å². The van der Waals surface area contributed by atoms with Gasteiger partial charge in [-0.15, -0.1) is 22.7 Å². The molecule has 26 heavy (non-hydrogen) atoms. The van der Waals surface area contributed by atoms with Crippen molar-refractivity contribution >= 4 is 43.9 Å². The summed E-state index contributed by atoms with van der Waals surface area (Å²) in [5.74, 6) is 0. The van der Waals surface area contributed by atoms with Gasteiger partial charge in [0.25, 0.3) is 5.56 Å². The van der Waals surface area contributed by atoms with E-state index in [-0.39, 0.29) is 5.56 Å². The molecule has 0 radical (unpaired) electrons. The van der Waals surface area contributed by atoms with Crippen LogP contribution in [0.3, 0.4) is 0 Å². The molecule has 8 nitrogen and oxygen atoms in total. The Morgan fingerprint density at radius 2 is 2.27 bits per heavy atom. The van der Waals surface area contributed by atoms with E-state index >= 15 is 0 Å². The predicted molar refractivity (Wildman–Crippen MR) is 101 cm³/mol. The summed E-state index contributed by atoms with van der Waals surface area (Å²) in [6.45, 7) is 0.371. The van der Waals surface area contributed by atoms with Crippen LogP contribution in [0.1, 0.15) is 16.4 Å². The van der Waals surface area contributed by atoms with E-state index in [0.29, 0.717) is 18.5 Å². The first kappa shape index (κ1) is 15.4. The van der Waals surface area contributed by atoms with E-state index < -0.39 is 0 Å². The van der Waals surface area contributed by atoms with Crippen LogP contribution in [0.4, 0.5) is 0 Å². The van der Waals surface area contributed by atoms with Crippen molar-refractivity contribution in [3.63, 3.8) is 0 Å². The van der Waals surface area contributed by atoms with Crippen LogP contribution in [0.5, 0.6) is 0 Å². The number of hydrogen-bond donors (Lipinski definition) is 1. The van der Waals surface area contributed by atoms with Gasteiger partial charge in [-0.1, -0.05) is 0 Å². The fraction of sp³-hybridized carbons (Fsp3) is 0.188. The topological polar surface area (TPSA) is 94.3 Å². The number of thiazole rings is 2. The van der Waals surface area contributed by atoms with Gasteiger partial charge in [0.05, 0.1) is 28.6 Å². The highest BCUT2D eigenvalue weighted by atomic mass is 32.1. The van der Waals surface area contributed by atoms with Crippen molar-refractivity contribution in [2.24, 2.45) is 7.05 Å². The Hall–Kier alpha value is -2.85. The van der Waals surface area contributed by atoms with Crippen LogP contribution in [-0.4, -0.2) is 34.5 Å². The van der Waals surface area contributed by atoms with Gasteiger partial charge in [-0.3, -0.25) is 9.89 Å². The molecule has 0 saturated carbocycles. The molecule has 5 aromatic rings. The second-order valence-corrected chi connectivity index (χ2v) is 7.73. The highest BCUT2D eigenvalue weighted by molar-refractivity contribution is 7.19. The predicted octanol–water partition coefficient (Wildman–Crippen LogP) is 2.16. The van der Waals surface area contributed by atoms with Gasteiger partial charge in [-0.05, 0) is 6.07 Å². The van der Waals surface area contributed by atoms with E-state index in [0.717, 1.165) is 32.1 Å². The van der Waals surface area contributed by atoms with Gasteiger partial charge >= 0.3 is 0 Å². The van der Waals surface area contributed by atoms with Crippen LogP contribution in [0, 0.1) is 0 Å². The van der Waals surface area contributed by atoms with Crippen molar-refractivity contribution in [3.8, 4) is 0 Å². The molecule has 0 unspecified atom stereocenters. The third-order valence-electron chi connectivity index (χ3n) is 4.26. The average Bonchev–Trinajstić information content (AvgIpc) is 3.39. The highest BCUT2D eigenvalue weighted by Gasteiger charge is 2.18. The largest absolute Gasteiger partial charge is 0.323 e. The minimum absolute atomic E-state index is 0.127. The zero-order valence-corrected chi connectivity index (χ0v) is 15.3. The van der Waals surface area contributed by atoms with Crippen molar-refractivity contribution < 1.29 is 0 Å². The van der Waals surface area contributed by atoms with Crippen LogP contribution in [0.15, 0.2) is 34.1 Å². The summed E-state index contributed by atoms with van der Waals surface area (Å²) in [5, 5.41) is 15.0. The molecule has 0 spiro atoms. The van der Waals surface area contributed by atoms with Crippen molar-refractivity contribution in [2.45, 2.75) is 13.0 Å². The number of aromatic amines is 1. The Morgan fingerprint density at radius 1 is 1.35 bits per heavy atom. The Kier molecular flexibility index (Phi) is 3.47. The Balaban J connectivity index is 1.62. The molecule has 0 aliphatic heterocycles. The van der Waals surface area contributed by atoms with Crippen molar-refractivity contribution in [3.05, 3.63) is 56.1 Å². The number of H-pyrrole nitrogens is 1. The van der Waals surface area contributed by atoms with E-state index in [9.17, 15) is 4.79 Å². The zero-order chi connectivity index (χ0) is 17.7. The molecule has 0 aromatic carbocycles. The van der Waals surface area contributed by atoms with E-state index in [1.54, 1.807) is 29.2 Å². The SMILES string of the molecule is Cn1c2nc(Cc3ccn[nH]3)sc2c2cnn(Cc3cscn3)c(=O)c21. The lowest BCUT2D eigenvalue weighted by Crippen LogP contribution is -2.24. The third kappa shape index (κ3) is 2.37. The van der Waals surface area contributed by atoms with Gasteiger partial charge in [0.1, 0.15) is 10.5 Å². The molecule has 5 aromatic heterocycles. The number of rotatable bonds is 4. The maximum absolute atomic E-state index is 12.9. The fourth-order valence-electron chi connectivity index (χ4n) is 3.04. The molecule has 0 aliphatic carbocycles. The smallest absolute Gasteiger partial charge is 0.291 e. The first-order valence-corrected chi connectivity index (χ1v) is 9.66. The maximum Gasteiger partial charge on any atom is 0.291 e. The number of nitrogens with one attached hydrogen (secondary N) is 1. The number of fused-ring (bicyclic) bond motifs is 3. The Morgan fingerprint density at radius 3 is 3.04 bits per heavy atom. The van der Waals surface area contributed by atoms with Gasteiger partial charge < -0.3 is 4.57 Å². The minimum Gasteiger partial charge on any atom is -0.323 e. The first-order valence-electron chi connectivity index (χ1n) is 7.90. The molecule has 0 bridgehead atoms. The van der Waals surface area contributed by atoms with Crippen LogP contribution in [0.25, 0.3) is 21.3 Å². The molecule has 5 rings (SSSR count). The highest BCUT2D eigenvalue weighted by Crippen LogP contribution is 2.31. The van der Waals surface area contributed by atoms with Crippen LogP contribution >= 0.6 is 22.7 Å². The van der Waals surface area contributed by atoms with Gasteiger partial charge in [-0.2, -0.15) is 10.2 Å². The molecule has 130 valence electrons. The molecule has 0 aliphatic rings. The summed E-state index contributed by atoms with van der Waals surface area (Å²) in [4.78, 5) is 21.8. The van der Waals surface area contributed by atoms with Crippen molar-refractivity contribution in [1.82, 2.24) is 34.5 Å². The number of aromatic nitrogens is 7. The Labute approximate surface area is 154 Å². The number of aryl methyl sites for hydroxylation is 1. The summed E-state index contributed by atoms with van der Waals surface area (Å²) in [7, 11) is 1.87. The summed E-state index contributed by atoms with van der Waals surface area (Å²) < 4.78 is 4.30. The molecule has 5 heterocycles. The summed E-state index contributed by atoms with van der Waals surface area (Å²) >= 11 is 3.09. The molecular weight excluding hydrogens is 370 g/mol. The Bertz CT molecular complexity index is 1260. The second kappa shape index (κ2) is 5.85. The standard InChI is InChI=1S/C16H13N7OS2/c1-22-13-11(5-19-23(16(13)24)6-10-7-25-8-17-10)14-15(22)20-12(26-14)4-9-2-3-18-21-9/h2-3,5,7-8H,4,6H2,1H3,(H,18,21). The van der Waals surface area contributed by atoms with Crippen LogP contribution in [0.2, 0.25) is 0 Å². The first-order chi connectivity index (χ1) is 12.7. The number of hydrogen-bond acceptors (Lipinski definition) is 7. The fourth-order valence-corrected chi connectivity index (χ4v) is 4.71. The van der Waals surface area contributed by atoms with Gasteiger partial charge in [0, 0.05) is 36.1 Å². The van der Waals surface area contributed by atoms with Gasteiger partial charge in [-0.25, -0.2) is 14.6 Å². The lowest BCUT2D eigenvalue weighted by molar-refractivity contribution is 0.635. The second-order valence-electron chi connectivity index (χ2n) is 5.93. The van der Waals surface area contributed by atoms with E-state index in [2.05, 4.69) is 20.3 Å². The summed E-state index contributed by atoms with van der Waals surface area (Å²) in [6, 6.07) is 1.93. The molecule has 0 saturated heterocycles. The summed E-state index contributed by atoms with van der Waals surface area (Å²) in [5.41, 5.74) is 4.90. The van der Waals surface area contributed by atoms with E-state index in [1.165, 1.54) is 16.0 Å². The molecule has 10 heteroatoms. The van der Waals surface area contributed by atoms with Crippen molar-refractivity contribution in [2.75, 3.05) is 0 Å².